The summed E-state index contributed by atoms with van der Waals surface area (Å²) in [5.41, 5.74) is 0.903. The second-order valence-electron chi connectivity index (χ2n) is 4.49. The summed E-state index contributed by atoms with van der Waals surface area (Å²) in [6.07, 6.45) is 2.52. The number of imide groups is 1. The largest absolute Gasteiger partial charge is 0.489 e. The fourth-order valence-electron chi connectivity index (χ4n) is 1.65. The van der Waals surface area contributed by atoms with Crippen molar-refractivity contribution in [1.29, 1.82) is 0 Å². The van der Waals surface area contributed by atoms with E-state index in [0.29, 0.717) is 16.3 Å². The van der Waals surface area contributed by atoms with Gasteiger partial charge in [0.15, 0.2) is 0 Å². The lowest BCUT2D eigenvalue weighted by atomic mass is 10.2. The first-order valence-electron chi connectivity index (χ1n) is 6.30. The van der Waals surface area contributed by atoms with Crippen molar-refractivity contribution >= 4 is 29.6 Å². The van der Waals surface area contributed by atoms with Crippen LogP contribution in [0.1, 0.15) is 25.8 Å². The second kappa shape index (κ2) is 5.96. The molecule has 2 rings (SSSR count). The normalized spacial score (nSPS) is 17.9. The summed E-state index contributed by atoms with van der Waals surface area (Å²) < 4.78 is 5.66. The van der Waals surface area contributed by atoms with Crippen molar-refractivity contribution in [2.75, 3.05) is 0 Å². The van der Waals surface area contributed by atoms with E-state index < -0.39 is 11.9 Å². The first-order valence-corrected chi connectivity index (χ1v) is 6.67. The third kappa shape index (κ3) is 3.30. The summed E-state index contributed by atoms with van der Waals surface area (Å²) in [7, 11) is 0. The molecule has 1 atom stereocenters. The Balaban J connectivity index is 2.19. The SMILES string of the molecule is CCC(C)Oc1ccc(C=C2NC(=O)NC2=O)cc1Cl. The van der Waals surface area contributed by atoms with Gasteiger partial charge in [0.25, 0.3) is 5.91 Å². The molecular formula is C14H15ClN2O3. The van der Waals surface area contributed by atoms with Crippen LogP contribution in [-0.4, -0.2) is 18.0 Å². The highest BCUT2D eigenvalue weighted by molar-refractivity contribution is 6.32. The third-order valence-electron chi connectivity index (χ3n) is 2.89. The maximum atomic E-state index is 11.4. The molecular weight excluding hydrogens is 280 g/mol. The minimum Gasteiger partial charge on any atom is -0.489 e. The molecule has 1 aromatic carbocycles. The van der Waals surface area contributed by atoms with E-state index in [1.807, 2.05) is 13.8 Å². The summed E-state index contributed by atoms with van der Waals surface area (Å²) in [5, 5.41) is 5.01. The van der Waals surface area contributed by atoms with Crippen LogP contribution in [0.4, 0.5) is 4.79 Å². The molecule has 1 fully saturated rings. The van der Waals surface area contributed by atoms with Gasteiger partial charge in [-0.1, -0.05) is 24.6 Å². The van der Waals surface area contributed by atoms with Gasteiger partial charge in [-0.05, 0) is 37.1 Å². The number of hydrogen-bond acceptors (Lipinski definition) is 3. The molecule has 0 bridgehead atoms. The molecule has 5 nitrogen and oxygen atoms in total. The average Bonchev–Trinajstić information content (AvgIpc) is 2.71. The van der Waals surface area contributed by atoms with Crippen LogP contribution in [0.15, 0.2) is 23.9 Å². The molecule has 1 aliphatic rings. The van der Waals surface area contributed by atoms with Gasteiger partial charge in [0, 0.05) is 0 Å². The predicted molar refractivity (Wildman–Crippen MR) is 76.5 cm³/mol. The smallest absolute Gasteiger partial charge is 0.326 e. The van der Waals surface area contributed by atoms with E-state index in [-0.39, 0.29) is 11.8 Å². The highest BCUT2D eigenvalue weighted by Crippen LogP contribution is 2.27. The molecule has 0 spiro atoms. The molecule has 1 aliphatic heterocycles. The van der Waals surface area contributed by atoms with E-state index in [2.05, 4.69) is 10.6 Å². The number of carbonyl (C=O) groups is 2. The van der Waals surface area contributed by atoms with Crippen LogP contribution in [0.3, 0.4) is 0 Å². The first-order chi connectivity index (χ1) is 9.49. The lowest BCUT2D eigenvalue weighted by molar-refractivity contribution is -0.115. The Morgan fingerprint density at radius 2 is 2.10 bits per heavy atom. The fourth-order valence-corrected chi connectivity index (χ4v) is 1.89. The Morgan fingerprint density at radius 1 is 1.35 bits per heavy atom. The quantitative estimate of drug-likeness (QED) is 0.663. The molecule has 6 heteroatoms. The lowest BCUT2D eigenvalue weighted by Crippen LogP contribution is -2.22. The van der Waals surface area contributed by atoms with Crippen LogP contribution in [0.2, 0.25) is 5.02 Å². The molecule has 0 radical (unpaired) electrons. The third-order valence-corrected chi connectivity index (χ3v) is 3.19. The molecule has 3 amide bonds. The highest BCUT2D eigenvalue weighted by Gasteiger charge is 2.22. The van der Waals surface area contributed by atoms with Crippen molar-refractivity contribution < 1.29 is 14.3 Å². The Kier molecular flexibility index (Phi) is 4.29. The van der Waals surface area contributed by atoms with Crippen molar-refractivity contribution in [3.63, 3.8) is 0 Å². The second-order valence-corrected chi connectivity index (χ2v) is 4.90. The van der Waals surface area contributed by atoms with E-state index in [1.165, 1.54) is 0 Å². The molecule has 20 heavy (non-hydrogen) atoms. The van der Waals surface area contributed by atoms with Gasteiger partial charge in [0.2, 0.25) is 0 Å². The van der Waals surface area contributed by atoms with Crippen molar-refractivity contribution in [2.24, 2.45) is 0 Å². The summed E-state index contributed by atoms with van der Waals surface area (Å²) in [5.74, 6) is 0.147. The number of carbonyl (C=O) groups excluding carboxylic acids is 2. The molecule has 0 aromatic heterocycles. The monoisotopic (exact) mass is 294 g/mol. The molecule has 0 aliphatic carbocycles. The minimum absolute atomic E-state index is 0.0802. The van der Waals surface area contributed by atoms with Crippen molar-refractivity contribution in [3.05, 3.63) is 34.5 Å². The molecule has 1 heterocycles. The number of amides is 3. The van der Waals surface area contributed by atoms with Gasteiger partial charge in [-0.2, -0.15) is 0 Å². The van der Waals surface area contributed by atoms with E-state index in [4.69, 9.17) is 16.3 Å². The number of ether oxygens (including phenoxy) is 1. The Hall–Kier alpha value is -2.01. The summed E-state index contributed by atoms with van der Waals surface area (Å²) >= 11 is 6.14. The molecule has 1 saturated heterocycles. The fraction of sp³-hybridized carbons (Fsp3) is 0.286. The maximum Gasteiger partial charge on any atom is 0.326 e. The zero-order valence-corrected chi connectivity index (χ0v) is 12.0. The van der Waals surface area contributed by atoms with Crippen LogP contribution in [0.5, 0.6) is 5.75 Å². The number of hydrogen-bond donors (Lipinski definition) is 2. The molecule has 1 unspecified atom stereocenters. The number of urea groups is 1. The van der Waals surface area contributed by atoms with Gasteiger partial charge in [-0.15, -0.1) is 0 Å². The lowest BCUT2D eigenvalue weighted by Gasteiger charge is -2.14. The molecule has 106 valence electrons. The average molecular weight is 295 g/mol. The number of halogens is 1. The van der Waals surface area contributed by atoms with E-state index >= 15 is 0 Å². The highest BCUT2D eigenvalue weighted by atomic mass is 35.5. The Bertz CT molecular complexity index is 584. The number of benzene rings is 1. The maximum absolute atomic E-state index is 11.4. The summed E-state index contributed by atoms with van der Waals surface area (Å²) in [6, 6.07) is 4.68. The van der Waals surface area contributed by atoms with Crippen molar-refractivity contribution in [1.82, 2.24) is 10.6 Å². The van der Waals surface area contributed by atoms with Crippen LogP contribution in [-0.2, 0) is 4.79 Å². The van der Waals surface area contributed by atoms with Gasteiger partial charge in [0.1, 0.15) is 11.4 Å². The van der Waals surface area contributed by atoms with Crippen molar-refractivity contribution in [2.45, 2.75) is 26.4 Å². The van der Waals surface area contributed by atoms with Crippen LogP contribution in [0, 0.1) is 0 Å². The molecule has 2 N–H and O–H groups in total. The van der Waals surface area contributed by atoms with E-state index in [0.717, 1.165) is 6.42 Å². The summed E-state index contributed by atoms with van der Waals surface area (Å²) in [4.78, 5) is 22.4. The zero-order chi connectivity index (χ0) is 14.7. The van der Waals surface area contributed by atoms with E-state index in [1.54, 1.807) is 24.3 Å². The molecule has 0 saturated carbocycles. The van der Waals surface area contributed by atoms with Gasteiger partial charge < -0.3 is 10.1 Å². The first kappa shape index (κ1) is 14.4. The number of rotatable bonds is 4. The zero-order valence-electron chi connectivity index (χ0n) is 11.2. The van der Waals surface area contributed by atoms with Gasteiger partial charge in [0.05, 0.1) is 11.1 Å². The van der Waals surface area contributed by atoms with Crippen molar-refractivity contribution in [3.8, 4) is 5.75 Å². The Labute approximate surface area is 121 Å². The minimum atomic E-state index is -0.524. The topological polar surface area (TPSA) is 67.4 Å². The Morgan fingerprint density at radius 3 is 2.65 bits per heavy atom. The standard InChI is InChI=1S/C14H15ClN2O3/c1-3-8(2)20-12-5-4-9(6-10(12)15)7-11-13(18)17-14(19)16-11/h4-8H,3H2,1-2H3,(H2,16,17,18,19). The van der Waals surface area contributed by atoms with Crippen LogP contribution in [0.25, 0.3) is 6.08 Å². The predicted octanol–water partition coefficient (Wildman–Crippen LogP) is 2.70. The van der Waals surface area contributed by atoms with E-state index in [9.17, 15) is 9.59 Å². The molecule has 1 aromatic rings. The van der Waals surface area contributed by atoms with Gasteiger partial charge in [-0.25, -0.2) is 4.79 Å². The van der Waals surface area contributed by atoms with Crippen LogP contribution >= 0.6 is 11.6 Å². The summed E-state index contributed by atoms with van der Waals surface area (Å²) in [6.45, 7) is 3.99. The van der Waals surface area contributed by atoms with Gasteiger partial charge >= 0.3 is 6.03 Å². The van der Waals surface area contributed by atoms with Crippen LogP contribution < -0.4 is 15.4 Å². The van der Waals surface area contributed by atoms with Gasteiger partial charge in [-0.3, -0.25) is 10.1 Å². The number of nitrogens with one attached hydrogen (secondary N) is 2.